The Kier molecular flexibility index (Phi) is 7.69. The normalized spacial score (nSPS) is 20.0. The van der Waals surface area contributed by atoms with Gasteiger partial charge in [-0.1, -0.05) is 12.1 Å². The van der Waals surface area contributed by atoms with E-state index < -0.39 is 22.8 Å². The van der Waals surface area contributed by atoms with Crippen LogP contribution in [0.25, 0.3) is 11.0 Å². The van der Waals surface area contributed by atoms with Crippen LogP contribution in [0.2, 0.25) is 0 Å². The maximum atomic E-state index is 12.9. The molecule has 1 unspecified atom stereocenters. The molecule has 4 heterocycles. The van der Waals surface area contributed by atoms with Gasteiger partial charge in [0.1, 0.15) is 25.6 Å². The Hall–Kier alpha value is -1.21. The molecule has 0 bridgehead atoms. The van der Waals surface area contributed by atoms with Crippen molar-refractivity contribution < 1.29 is 28.2 Å². The molecule has 0 aliphatic carbocycles. The molecule has 0 saturated carbocycles. The van der Waals surface area contributed by atoms with Gasteiger partial charge in [-0.2, -0.15) is 4.98 Å². The van der Waals surface area contributed by atoms with Gasteiger partial charge in [0, 0.05) is 22.9 Å². The van der Waals surface area contributed by atoms with Crippen molar-refractivity contribution in [2.24, 2.45) is 0 Å². The summed E-state index contributed by atoms with van der Waals surface area (Å²) < 4.78 is 41.9. The fourth-order valence-corrected chi connectivity index (χ4v) is 4.76. The molecule has 1 atom stereocenters. The summed E-state index contributed by atoms with van der Waals surface area (Å²) in [4.78, 5) is 12.0. The van der Waals surface area contributed by atoms with Gasteiger partial charge in [0.05, 0.1) is 29.9 Å². The summed E-state index contributed by atoms with van der Waals surface area (Å²) in [6, 6.07) is 9.38. The van der Waals surface area contributed by atoms with Crippen LogP contribution in [0.5, 0.6) is 5.75 Å². The number of hydrogen-bond acceptors (Lipinski definition) is 8. The molecule has 2 aliphatic heterocycles. The number of imidazole rings is 1. The van der Waals surface area contributed by atoms with E-state index in [9.17, 15) is 4.55 Å². The van der Waals surface area contributed by atoms with Crippen LogP contribution in [0.3, 0.4) is 0 Å². The molecule has 1 aromatic carbocycles. The number of aromatic amines is 1. The van der Waals surface area contributed by atoms with Crippen molar-refractivity contribution in [1.82, 2.24) is 15.0 Å². The zero-order valence-corrected chi connectivity index (χ0v) is 18.8. The standard InChI is InChI=1S/C22H25N3O6S.Na.H/c1-15-18(11-32(26)20-24-16-5-3-4-6-17(16)25-20)23-8-7-19(15)27-12-21(2)30-13-22(14-31-21)28-9-10-29-22;;/h3-8H,9-14H2,1-2H3,(H,24,25);;. The molecule has 2 fully saturated rings. The first-order valence-electron chi connectivity index (χ1n) is 10.4. The van der Waals surface area contributed by atoms with Gasteiger partial charge in [-0.25, -0.2) is 0 Å². The number of rotatable bonds is 6. The molecule has 11 heteroatoms. The number of H-pyrrole nitrogens is 1. The molecule has 1 N–H and O–H groups in total. The third-order valence-corrected chi connectivity index (χ3v) is 6.77. The van der Waals surface area contributed by atoms with Crippen molar-refractivity contribution in [1.29, 1.82) is 0 Å². The van der Waals surface area contributed by atoms with Crippen LogP contribution in [0.1, 0.15) is 18.2 Å². The van der Waals surface area contributed by atoms with Crippen LogP contribution < -0.4 is 4.74 Å². The zero-order valence-electron chi connectivity index (χ0n) is 18.0. The molecular weight excluding hydrogens is 457 g/mol. The third-order valence-electron chi connectivity index (χ3n) is 5.61. The molecule has 0 radical (unpaired) electrons. The van der Waals surface area contributed by atoms with E-state index in [0.29, 0.717) is 29.8 Å². The van der Waals surface area contributed by atoms with E-state index in [0.717, 1.165) is 16.6 Å². The Labute approximate surface area is 217 Å². The van der Waals surface area contributed by atoms with Crippen LogP contribution >= 0.6 is 0 Å². The van der Waals surface area contributed by atoms with E-state index >= 15 is 0 Å². The van der Waals surface area contributed by atoms with Gasteiger partial charge in [0.15, 0.2) is 11.5 Å². The number of benzene rings is 1. The van der Waals surface area contributed by atoms with Gasteiger partial charge >= 0.3 is 34.7 Å². The first-order chi connectivity index (χ1) is 15.5. The quantitative estimate of drug-likeness (QED) is 0.418. The van der Waals surface area contributed by atoms with Gasteiger partial charge in [-0.15, -0.1) is 0 Å². The SMILES string of the molecule is Cc1c(OCC2(C)OCC3(CO2)OCCO3)ccnc1C[S+]([O-])c1nc2ccccc2[nH]1.[NaH]. The van der Waals surface area contributed by atoms with Crippen LogP contribution in [0, 0.1) is 6.92 Å². The van der Waals surface area contributed by atoms with Crippen LogP contribution in [-0.2, 0) is 35.9 Å². The summed E-state index contributed by atoms with van der Waals surface area (Å²) in [5.74, 6) is -0.864. The molecule has 9 nitrogen and oxygen atoms in total. The number of ether oxygens (including phenoxy) is 5. The van der Waals surface area contributed by atoms with Crippen molar-refractivity contribution in [3.05, 3.63) is 47.8 Å². The maximum absolute atomic E-state index is 12.9. The van der Waals surface area contributed by atoms with Crippen LogP contribution in [0.4, 0.5) is 0 Å². The Morgan fingerprint density at radius 1 is 1.12 bits per heavy atom. The van der Waals surface area contributed by atoms with Gasteiger partial charge in [-0.3, -0.25) is 9.97 Å². The summed E-state index contributed by atoms with van der Waals surface area (Å²) in [5.41, 5.74) is 3.14. The number of nitrogens with one attached hydrogen (secondary N) is 1. The summed E-state index contributed by atoms with van der Waals surface area (Å²) in [6.45, 7) is 5.53. The molecule has 33 heavy (non-hydrogen) atoms. The predicted octanol–water partition coefficient (Wildman–Crippen LogP) is 1.81. The molecule has 0 amide bonds. The molecular formula is C22H26N3NaO6S. The van der Waals surface area contributed by atoms with Gasteiger partial charge in [-0.05, 0) is 32.0 Å². The summed E-state index contributed by atoms with van der Waals surface area (Å²) >= 11 is -1.37. The van der Waals surface area contributed by atoms with E-state index in [1.54, 1.807) is 12.3 Å². The van der Waals surface area contributed by atoms with Crippen LogP contribution in [-0.4, -0.2) is 93.7 Å². The summed E-state index contributed by atoms with van der Waals surface area (Å²) in [5, 5.41) is 0.431. The Bertz CT molecular complexity index is 1060. The zero-order chi connectivity index (χ0) is 22.2. The van der Waals surface area contributed by atoms with Crippen molar-refractivity contribution in [2.45, 2.75) is 36.3 Å². The molecule has 172 valence electrons. The van der Waals surface area contributed by atoms with Crippen molar-refractivity contribution in [2.75, 3.05) is 33.0 Å². The number of aromatic nitrogens is 3. The molecule has 1 spiro atoms. The second-order valence-electron chi connectivity index (χ2n) is 8.04. The number of pyridine rings is 1. The van der Waals surface area contributed by atoms with Crippen molar-refractivity contribution in [3.63, 3.8) is 0 Å². The average Bonchev–Trinajstić information content (AvgIpc) is 3.44. The summed E-state index contributed by atoms with van der Waals surface area (Å²) in [7, 11) is 0. The predicted molar refractivity (Wildman–Crippen MR) is 123 cm³/mol. The molecule has 5 rings (SSSR count). The minimum atomic E-state index is -1.37. The van der Waals surface area contributed by atoms with E-state index in [-0.39, 0.29) is 55.1 Å². The number of hydrogen-bond donors (Lipinski definition) is 1. The van der Waals surface area contributed by atoms with Crippen molar-refractivity contribution >= 4 is 51.8 Å². The summed E-state index contributed by atoms with van der Waals surface area (Å²) in [6.07, 6.45) is 1.65. The topological polar surface area (TPSA) is 111 Å². The Morgan fingerprint density at radius 2 is 1.85 bits per heavy atom. The van der Waals surface area contributed by atoms with E-state index in [4.69, 9.17) is 23.7 Å². The fraction of sp³-hybridized carbons (Fsp3) is 0.455. The number of para-hydroxylation sites is 2. The average molecular weight is 484 g/mol. The van der Waals surface area contributed by atoms with E-state index in [2.05, 4.69) is 15.0 Å². The molecule has 2 saturated heterocycles. The van der Waals surface area contributed by atoms with Crippen molar-refractivity contribution in [3.8, 4) is 5.75 Å². The number of nitrogens with zero attached hydrogens (tertiary/aromatic N) is 2. The van der Waals surface area contributed by atoms with E-state index in [1.165, 1.54) is 0 Å². The Balaban J connectivity index is 0.00000259. The first-order valence-corrected chi connectivity index (χ1v) is 11.7. The van der Waals surface area contributed by atoms with E-state index in [1.807, 2.05) is 38.1 Å². The molecule has 2 aromatic heterocycles. The van der Waals surface area contributed by atoms with Gasteiger partial charge < -0.3 is 28.2 Å². The third kappa shape index (κ3) is 5.39. The van der Waals surface area contributed by atoms with Gasteiger partial charge in [0.2, 0.25) is 5.79 Å². The number of fused-ring (bicyclic) bond motifs is 1. The monoisotopic (exact) mass is 483 g/mol. The first kappa shape index (κ1) is 24.9. The molecule has 2 aliphatic rings. The minimum absolute atomic E-state index is 0. The fourth-order valence-electron chi connectivity index (χ4n) is 3.66. The second kappa shape index (κ2) is 10.2. The second-order valence-corrected chi connectivity index (χ2v) is 9.40. The Morgan fingerprint density at radius 3 is 2.58 bits per heavy atom. The molecule has 3 aromatic rings. The van der Waals surface area contributed by atoms with Crippen LogP contribution in [0.15, 0.2) is 41.7 Å². The van der Waals surface area contributed by atoms with Gasteiger partial charge in [0.25, 0.3) is 0 Å².